The van der Waals surface area contributed by atoms with Gasteiger partial charge in [-0.2, -0.15) is 0 Å². The van der Waals surface area contributed by atoms with Crippen molar-refractivity contribution < 1.29 is 4.79 Å². The average Bonchev–Trinajstić information content (AvgIpc) is 3.46. The first-order chi connectivity index (χ1) is 12.5. The first kappa shape index (κ1) is 18.9. The van der Waals surface area contributed by atoms with Gasteiger partial charge in [-0.3, -0.25) is 9.69 Å². The van der Waals surface area contributed by atoms with E-state index in [0.717, 1.165) is 30.4 Å². The molecule has 2 aromatic carbocycles. The van der Waals surface area contributed by atoms with Crippen LogP contribution in [0.15, 0.2) is 48.5 Å². The quantitative estimate of drug-likeness (QED) is 0.732. The molecule has 1 saturated carbocycles. The zero-order valence-corrected chi connectivity index (χ0v) is 16.1. The van der Waals surface area contributed by atoms with Crippen molar-refractivity contribution in [2.45, 2.75) is 38.4 Å². The summed E-state index contributed by atoms with van der Waals surface area (Å²) in [5.74, 6) is -0.194. The number of halogens is 1. The topological polar surface area (TPSA) is 44.4 Å². The molecule has 1 unspecified atom stereocenters. The lowest BCUT2D eigenvalue weighted by Gasteiger charge is -2.24. The minimum atomic E-state index is -0.194. The zero-order valence-electron chi connectivity index (χ0n) is 15.3. The number of rotatable bonds is 8. The highest BCUT2D eigenvalue weighted by Gasteiger charge is 2.28. The summed E-state index contributed by atoms with van der Waals surface area (Å²) in [4.78, 5) is 14.8. The van der Waals surface area contributed by atoms with Crippen molar-refractivity contribution in [3.8, 4) is 0 Å². The molecule has 0 spiro atoms. The molecule has 0 aromatic heterocycles. The lowest BCUT2D eigenvalue weighted by atomic mass is 10.1. The van der Waals surface area contributed by atoms with Crippen LogP contribution in [0.3, 0.4) is 0 Å². The molecule has 0 heterocycles. The van der Waals surface area contributed by atoms with Crippen LogP contribution in [-0.4, -0.2) is 36.5 Å². The maximum Gasteiger partial charge on any atom is 0.257 e. The minimum absolute atomic E-state index is 0.194. The van der Waals surface area contributed by atoms with E-state index >= 15 is 0 Å². The molecule has 2 N–H and O–H groups in total. The Balaban J connectivity index is 1.53. The van der Waals surface area contributed by atoms with Crippen LogP contribution >= 0.6 is 11.6 Å². The van der Waals surface area contributed by atoms with E-state index in [2.05, 4.69) is 35.6 Å². The normalized spacial score (nSPS) is 15.1. The molecule has 138 valence electrons. The van der Waals surface area contributed by atoms with Crippen molar-refractivity contribution in [2.24, 2.45) is 0 Å². The fourth-order valence-corrected chi connectivity index (χ4v) is 3.24. The van der Waals surface area contributed by atoms with Gasteiger partial charge in [0.2, 0.25) is 0 Å². The largest absolute Gasteiger partial charge is 0.322 e. The number of carbonyl (C=O) groups excluding carboxylic acids is 1. The molecular weight excluding hydrogens is 346 g/mol. The van der Waals surface area contributed by atoms with Crippen LogP contribution in [0, 0.1) is 0 Å². The van der Waals surface area contributed by atoms with Crippen molar-refractivity contribution in [1.29, 1.82) is 0 Å². The number of hydrogen-bond donors (Lipinski definition) is 2. The summed E-state index contributed by atoms with van der Waals surface area (Å²) in [5, 5.41) is 6.89. The number of anilines is 1. The first-order valence-corrected chi connectivity index (χ1v) is 9.50. The van der Waals surface area contributed by atoms with Gasteiger partial charge in [-0.15, -0.1) is 0 Å². The van der Waals surface area contributed by atoms with Gasteiger partial charge in [0.25, 0.3) is 5.91 Å². The van der Waals surface area contributed by atoms with E-state index in [-0.39, 0.29) is 5.91 Å². The molecule has 1 amide bonds. The number of nitrogens with zero attached hydrogens (tertiary/aromatic N) is 1. The van der Waals surface area contributed by atoms with Gasteiger partial charge in [-0.25, -0.2) is 0 Å². The number of likely N-dealkylation sites (N-methyl/N-ethyl adjacent to an activating group) is 1. The summed E-state index contributed by atoms with van der Waals surface area (Å²) in [6.45, 7) is 3.98. The van der Waals surface area contributed by atoms with E-state index in [0.29, 0.717) is 16.6 Å². The van der Waals surface area contributed by atoms with Crippen molar-refractivity contribution in [2.75, 3.05) is 18.9 Å². The Morgan fingerprint density at radius 2 is 2.00 bits per heavy atom. The molecule has 0 aliphatic heterocycles. The van der Waals surface area contributed by atoms with Crippen LogP contribution in [0.5, 0.6) is 0 Å². The number of carbonyl (C=O) groups is 1. The van der Waals surface area contributed by atoms with E-state index in [1.807, 2.05) is 24.3 Å². The Bertz CT molecular complexity index is 760. The molecule has 1 aliphatic rings. The standard InChI is InChI=1S/C21H26ClN3O/c1-15(25(2)18-10-11-18)13-23-14-16-6-5-7-17(12-16)24-21(26)19-8-3-4-9-20(19)22/h3-9,12,15,18,23H,10-11,13-14H2,1-2H3,(H,24,26). The summed E-state index contributed by atoms with van der Waals surface area (Å²) >= 11 is 6.09. The molecule has 1 fully saturated rings. The second kappa shape index (κ2) is 8.67. The lowest BCUT2D eigenvalue weighted by molar-refractivity contribution is 0.102. The van der Waals surface area contributed by atoms with Gasteiger partial charge in [0.15, 0.2) is 0 Å². The Labute approximate surface area is 160 Å². The van der Waals surface area contributed by atoms with Gasteiger partial charge in [-0.1, -0.05) is 35.9 Å². The fourth-order valence-electron chi connectivity index (χ4n) is 3.01. The first-order valence-electron chi connectivity index (χ1n) is 9.12. The third kappa shape index (κ3) is 5.07. The van der Waals surface area contributed by atoms with Gasteiger partial charge < -0.3 is 10.6 Å². The monoisotopic (exact) mass is 371 g/mol. The van der Waals surface area contributed by atoms with E-state index in [1.165, 1.54) is 12.8 Å². The molecule has 1 atom stereocenters. The minimum Gasteiger partial charge on any atom is -0.322 e. The second-order valence-corrected chi connectivity index (χ2v) is 7.42. The maximum atomic E-state index is 12.4. The molecule has 5 heteroatoms. The predicted octanol–water partition coefficient (Wildman–Crippen LogP) is 4.16. The Morgan fingerprint density at radius 3 is 2.73 bits per heavy atom. The van der Waals surface area contributed by atoms with Crippen LogP contribution in [0.25, 0.3) is 0 Å². The highest BCUT2D eigenvalue weighted by atomic mass is 35.5. The second-order valence-electron chi connectivity index (χ2n) is 7.01. The SMILES string of the molecule is CC(CNCc1cccc(NC(=O)c2ccccc2Cl)c1)N(C)C1CC1. The molecule has 2 aromatic rings. The van der Waals surface area contributed by atoms with Crippen LogP contribution in [0.4, 0.5) is 5.69 Å². The van der Waals surface area contributed by atoms with E-state index < -0.39 is 0 Å². The van der Waals surface area contributed by atoms with Crippen LogP contribution in [-0.2, 0) is 6.54 Å². The fraction of sp³-hybridized carbons (Fsp3) is 0.381. The van der Waals surface area contributed by atoms with Gasteiger partial charge in [0, 0.05) is 30.9 Å². The summed E-state index contributed by atoms with van der Waals surface area (Å²) in [7, 11) is 2.20. The summed E-state index contributed by atoms with van der Waals surface area (Å²) in [5.41, 5.74) is 2.40. The Hall–Kier alpha value is -1.88. The molecule has 4 nitrogen and oxygen atoms in total. The van der Waals surface area contributed by atoms with Crippen LogP contribution in [0.1, 0.15) is 35.7 Å². The zero-order chi connectivity index (χ0) is 18.5. The average molecular weight is 372 g/mol. The van der Waals surface area contributed by atoms with E-state index in [9.17, 15) is 4.79 Å². The number of hydrogen-bond acceptors (Lipinski definition) is 3. The van der Waals surface area contributed by atoms with Crippen molar-refractivity contribution in [3.63, 3.8) is 0 Å². The lowest BCUT2D eigenvalue weighted by Crippen LogP contribution is -2.38. The van der Waals surface area contributed by atoms with E-state index in [1.54, 1.807) is 18.2 Å². The predicted molar refractivity (Wildman–Crippen MR) is 108 cm³/mol. The highest BCUT2D eigenvalue weighted by molar-refractivity contribution is 6.34. The third-order valence-electron chi connectivity index (χ3n) is 4.89. The van der Waals surface area contributed by atoms with Crippen molar-refractivity contribution in [1.82, 2.24) is 10.2 Å². The summed E-state index contributed by atoms with van der Waals surface area (Å²) in [6, 6.07) is 16.3. The van der Waals surface area contributed by atoms with Gasteiger partial charge in [0.05, 0.1) is 10.6 Å². The van der Waals surface area contributed by atoms with Crippen molar-refractivity contribution in [3.05, 3.63) is 64.7 Å². The smallest absolute Gasteiger partial charge is 0.257 e. The molecular formula is C21H26ClN3O. The van der Waals surface area contributed by atoms with E-state index in [4.69, 9.17) is 11.6 Å². The molecule has 0 bridgehead atoms. The third-order valence-corrected chi connectivity index (χ3v) is 5.22. The molecule has 26 heavy (non-hydrogen) atoms. The molecule has 0 saturated heterocycles. The van der Waals surface area contributed by atoms with Crippen LogP contribution < -0.4 is 10.6 Å². The number of nitrogens with one attached hydrogen (secondary N) is 2. The van der Waals surface area contributed by atoms with Gasteiger partial charge >= 0.3 is 0 Å². The van der Waals surface area contributed by atoms with Crippen molar-refractivity contribution >= 4 is 23.2 Å². The number of amides is 1. The molecule has 3 rings (SSSR count). The maximum absolute atomic E-state index is 12.4. The van der Waals surface area contributed by atoms with Crippen LogP contribution in [0.2, 0.25) is 5.02 Å². The van der Waals surface area contributed by atoms with Gasteiger partial charge in [0.1, 0.15) is 0 Å². The van der Waals surface area contributed by atoms with Gasteiger partial charge in [-0.05, 0) is 56.6 Å². The summed E-state index contributed by atoms with van der Waals surface area (Å²) < 4.78 is 0. The summed E-state index contributed by atoms with van der Waals surface area (Å²) in [6.07, 6.45) is 2.65. The molecule has 1 aliphatic carbocycles. The number of benzene rings is 2. The Kier molecular flexibility index (Phi) is 6.30. The Morgan fingerprint density at radius 1 is 1.23 bits per heavy atom. The molecule has 0 radical (unpaired) electrons. The highest BCUT2D eigenvalue weighted by Crippen LogP contribution is 2.26.